The normalized spacial score (nSPS) is 14.2. The highest BCUT2D eigenvalue weighted by Gasteiger charge is 2.41. The fourth-order valence-corrected chi connectivity index (χ4v) is 1.82. The highest BCUT2D eigenvalue weighted by atomic mass is 32.1. The van der Waals surface area contributed by atoms with Crippen molar-refractivity contribution in [2.24, 2.45) is 0 Å². The van der Waals surface area contributed by atoms with E-state index in [2.05, 4.69) is 9.72 Å². The maximum Gasteiger partial charge on any atom is 0.330 e. The zero-order valence-electron chi connectivity index (χ0n) is 9.58. The van der Waals surface area contributed by atoms with Gasteiger partial charge in [-0.3, -0.25) is 0 Å². The summed E-state index contributed by atoms with van der Waals surface area (Å²) < 4.78 is 52.9. The van der Waals surface area contributed by atoms with Gasteiger partial charge in [0.1, 0.15) is 6.61 Å². The number of aliphatic hydroxyl groups is 1. The van der Waals surface area contributed by atoms with Crippen LogP contribution in [0.1, 0.15) is 10.7 Å². The lowest BCUT2D eigenvalue weighted by Crippen LogP contribution is -2.34. The number of ether oxygens (including phenoxy) is 1. The second kappa shape index (κ2) is 6.44. The van der Waals surface area contributed by atoms with E-state index in [0.717, 1.165) is 5.01 Å². The Bertz CT molecular complexity index is 373. The number of aliphatic hydroxyl groups excluding tert-OH is 1. The van der Waals surface area contributed by atoms with Crippen molar-refractivity contribution in [1.82, 2.24) is 4.98 Å². The lowest BCUT2D eigenvalue weighted by molar-refractivity contribution is -0.170. The number of hydrogen-bond donors (Lipinski definition) is 1. The fourth-order valence-electron chi connectivity index (χ4n) is 1.20. The van der Waals surface area contributed by atoms with Crippen LogP contribution < -0.4 is 0 Å². The zero-order chi connectivity index (χ0) is 13.8. The first-order valence-corrected chi connectivity index (χ1v) is 6.02. The van der Waals surface area contributed by atoms with Crippen molar-refractivity contribution in [1.29, 1.82) is 0 Å². The Labute approximate surface area is 105 Å². The minimum absolute atomic E-state index is 0.143. The minimum Gasteiger partial charge on any atom is -0.390 e. The molecule has 0 aliphatic heterocycles. The number of aryl methyl sites for hydroxylation is 1. The first-order chi connectivity index (χ1) is 8.31. The van der Waals surface area contributed by atoms with Crippen LogP contribution in [0.4, 0.5) is 17.6 Å². The Balaban J connectivity index is 2.27. The molecule has 1 rings (SSSR count). The number of hydrogen-bond acceptors (Lipinski definition) is 4. The Hall–Kier alpha value is -0.730. The Kier molecular flexibility index (Phi) is 5.48. The van der Waals surface area contributed by atoms with Crippen molar-refractivity contribution in [3.05, 3.63) is 16.1 Å². The number of nitrogens with zero attached hydrogens (tertiary/aromatic N) is 1. The van der Waals surface area contributed by atoms with Crippen LogP contribution in [0.25, 0.3) is 0 Å². The van der Waals surface area contributed by atoms with Gasteiger partial charge in [0.2, 0.25) is 0 Å². The summed E-state index contributed by atoms with van der Waals surface area (Å²) in [6.45, 7) is -0.0447. The van der Waals surface area contributed by atoms with E-state index in [0.29, 0.717) is 5.69 Å². The van der Waals surface area contributed by atoms with E-state index < -0.39 is 31.7 Å². The molecule has 1 aromatic heterocycles. The summed E-state index contributed by atoms with van der Waals surface area (Å²) in [4.78, 5) is 4.07. The van der Waals surface area contributed by atoms with Crippen molar-refractivity contribution >= 4 is 11.3 Å². The molecule has 0 aliphatic rings. The summed E-state index contributed by atoms with van der Waals surface area (Å²) in [5.74, 6) is -4.18. The molecule has 18 heavy (non-hydrogen) atoms. The van der Waals surface area contributed by atoms with Crippen LogP contribution in [-0.2, 0) is 11.2 Å². The lowest BCUT2D eigenvalue weighted by atomic mass is 10.2. The summed E-state index contributed by atoms with van der Waals surface area (Å²) in [5, 5.41) is 12.0. The van der Waals surface area contributed by atoms with Crippen LogP contribution in [0.3, 0.4) is 0 Å². The average Bonchev–Trinajstić information content (AvgIpc) is 2.63. The maximum atomic E-state index is 12.5. The summed E-state index contributed by atoms with van der Waals surface area (Å²) >= 11 is 1.40. The van der Waals surface area contributed by atoms with Gasteiger partial charge in [0.25, 0.3) is 0 Å². The summed E-state index contributed by atoms with van der Waals surface area (Å²) in [6.07, 6.45) is -4.67. The molecular weight excluding hydrogens is 274 g/mol. The van der Waals surface area contributed by atoms with Gasteiger partial charge in [-0.05, 0) is 6.92 Å². The Morgan fingerprint density at radius 2 is 2.17 bits per heavy atom. The third kappa shape index (κ3) is 4.87. The third-order valence-corrected chi connectivity index (χ3v) is 2.86. The number of halogens is 4. The van der Waals surface area contributed by atoms with Crippen LogP contribution in [0.15, 0.2) is 5.38 Å². The first kappa shape index (κ1) is 15.3. The predicted octanol–water partition coefficient (Wildman–Crippen LogP) is 2.27. The molecule has 1 N–H and O–H groups in total. The van der Waals surface area contributed by atoms with Crippen molar-refractivity contribution in [2.45, 2.75) is 31.8 Å². The molecule has 104 valence electrons. The minimum atomic E-state index is -4.18. The average molecular weight is 287 g/mol. The molecule has 0 aliphatic carbocycles. The molecule has 3 nitrogen and oxygen atoms in total. The van der Waals surface area contributed by atoms with Gasteiger partial charge in [-0.15, -0.1) is 11.3 Å². The van der Waals surface area contributed by atoms with Crippen LogP contribution in [0, 0.1) is 6.92 Å². The number of alkyl halides is 4. The molecule has 0 saturated carbocycles. The van der Waals surface area contributed by atoms with Gasteiger partial charge in [0.05, 0.1) is 23.4 Å². The molecule has 0 fully saturated rings. The van der Waals surface area contributed by atoms with Crippen molar-refractivity contribution in [3.63, 3.8) is 0 Å². The molecule has 1 atom stereocenters. The van der Waals surface area contributed by atoms with E-state index in [-0.39, 0.29) is 6.42 Å². The molecule has 0 spiro atoms. The third-order valence-electron chi connectivity index (χ3n) is 2.04. The molecule has 1 unspecified atom stereocenters. The van der Waals surface area contributed by atoms with Gasteiger partial charge in [-0.2, -0.15) is 8.78 Å². The quantitative estimate of drug-likeness (QED) is 0.782. The number of thiazole rings is 1. The van der Waals surface area contributed by atoms with E-state index in [4.69, 9.17) is 0 Å². The van der Waals surface area contributed by atoms with Crippen molar-refractivity contribution in [3.8, 4) is 0 Å². The monoisotopic (exact) mass is 287 g/mol. The molecule has 0 aromatic carbocycles. The Morgan fingerprint density at radius 3 is 2.67 bits per heavy atom. The first-order valence-electron chi connectivity index (χ1n) is 5.14. The van der Waals surface area contributed by atoms with Crippen LogP contribution in [-0.4, -0.2) is 41.8 Å². The second-order valence-electron chi connectivity index (χ2n) is 3.79. The molecule has 1 aromatic rings. The molecule has 1 heterocycles. The van der Waals surface area contributed by atoms with Gasteiger partial charge >= 0.3 is 12.3 Å². The topological polar surface area (TPSA) is 42.4 Å². The molecule has 0 saturated heterocycles. The number of rotatable bonds is 7. The van der Waals surface area contributed by atoms with E-state index in [9.17, 15) is 22.7 Å². The molecular formula is C10H13F4NO2S. The van der Waals surface area contributed by atoms with Crippen LogP contribution in [0.5, 0.6) is 0 Å². The standard InChI is InChI=1S/C10H13F4NO2S/c1-6-15-7(4-18-6)2-8(16)3-17-5-10(13,14)9(11)12/h4,8-9,16H,2-3,5H2,1H3. The Morgan fingerprint density at radius 1 is 1.50 bits per heavy atom. The molecule has 0 radical (unpaired) electrons. The lowest BCUT2D eigenvalue weighted by Gasteiger charge is -2.16. The van der Waals surface area contributed by atoms with Gasteiger partial charge in [-0.25, -0.2) is 13.8 Å². The van der Waals surface area contributed by atoms with E-state index in [1.807, 2.05) is 0 Å². The summed E-state index contributed by atoms with van der Waals surface area (Å²) in [6, 6.07) is 0. The second-order valence-corrected chi connectivity index (χ2v) is 4.85. The predicted molar refractivity (Wildman–Crippen MR) is 58.3 cm³/mol. The largest absolute Gasteiger partial charge is 0.390 e. The van der Waals surface area contributed by atoms with Crippen LogP contribution >= 0.6 is 11.3 Å². The molecule has 0 bridgehead atoms. The van der Waals surface area contributed by atoms with E-state index in [1.165, 1.54) is 11.3 Å². The summed E-state index contributed by atoms with van der Waals surface area (Å²) in [5.41, 5.74) is 0.620. The van der Waals surface area contributed by atoms with Crippen molar-refractivity contribution < 1.29 is 27.4 Å². The van der Waals surface area contributed by atoms with Crippen molar-refractivity contribution in [2.75, 3.05) is 13.2 Å². The molecule has 8 heteroatoms. The fraction of sp³-hybridized carbons (Fsp3) is 0.700. The highest BCUT2D eigenvalue weighted by Crippen LogP contribution is 2.22. The van der Waals surface area contributed by atoms with E-state index >= 15 is 0 Å². The SMILES string of the molecule is Cc1nc(CC(O)COCC(F)(F)C(F)F)cs1. The maximum absolute atomic E-state index is 12.5. The van der Waals surface area contributed by atoms with Gasteiger partial charge in [0, 0.05) is 11.8 Å². The smallest absolute Gasteiger partial charge is 0.330 e. The van der Waals surface area contributed by atoms with Gasteiger partial charge < -0.3 is 9.84 Å². The molecule has 0 amide bonds. The summed E-state index contributed by atoms with van der Waals surface area (Å²) in [7, 11) is 0. The van der Waals surface area contributed by atoms with Gasteiger partial charge in [-0.1, -0.05) is 0 Å². The number of aromatic nitrogens is 1. The van der Waals surface area contributed by atoms with Crippen LogP contribution in [0.2, 0.25) is 0 Å². The zero-order valence-corrected chi connectivity index (χ0v) is 10.4. The van der Waals surface area contributed by atoms with E-state index in [1.54, 1.807) is 12.3 Å². The van der Waals surface area contributed by atoms with Gasteiger partial charge in [0.15, 0.2) is 0 Å². The highest BCUT2D eigenvalue weighted by molar-refractivity contribution is 7.09.